The lowest BCUT2D eigenvalue weighted by Crippen LogP contribution is -1.62. The van der Waals surface area contributed by atoms with Crippen LogP contribution in [-0.2, 0) is 4.57 Å². The normalized spacial score (nSPS) is 18.5. The molecule has 0 N–H and O–H groups in total. The lowest BCUT2D eigenvalue weighted by molar-refractivity contribution is 0.589. The second-order valence-corrected chi connectivity index (χ2v) is 4.01. The van der Waals surface area contributed by atoms with Crippen molar-refractivity contribution in [2.45, 2.75) is 0 Å². The summed E-state index contributed by atoms with van der Waals surface area (Å²) in [7, 11) is -3.39. The van der Waals surface area contributed by atoms with Crippen LogP contribution in [0.4, 0.5) is 13.2 Å². The Balaban J connectivity index is 4.67. The Labute approximate surface area is 62.3 Å². The number of halogens is 3. The van der Waals surface area contributed by atoms with Crippen molar-refractivity contribution >= 4 is 7.14 Å². The molecule has 0 heterocycles. The van der Waals surface area contributed by atoms with Crippen LogP contribution >= 0.6 is 7.14 Å². The zero-order valence-corrected chi connectivity index (χ0v) is 6.35. The summed E-state index contributed by atoms with van der Waals surface area (Å²) in [5.74, 6) is 1.79. The molecule has 62 valence electrons. The van der Waals surface area contributed by atoms with Crippen LogP contribution in [0.25, 0.3) is 0 Å². The van der Waals surface area contributed by atoms with E-state index in [1.54, 1.807) is 0 Å². The Morgan fingerprint density at radius 1 is 0.818 bits per heavy atom. The van der Waals surface area contributed by atoms with Gasteiger partial charge in [0.05, 0.1) is 19.0 Å². The second kappa shape index (κ2) is 4.97. The molecule has 0 aromatic carbocycles. The van der Waals surface area contributed by atoms with Gasteiger partial charge in [-0.25, -0.2) is 13.2 Å². The molecule has 0 aliphatic carbocycles. The van der Waals surface area contributed by atoms with Gasteiger partial charge in [0, 0.05) is 17.5 Å². The highest BCUT2D eigenvalue weighted by molar-refractivity contribution is 7.73. The molecule has 11 heavy (non-hydrogen) atoms. The first-order chi connectivity index (χ1) is 5.18. The quantitative estimate of drug-likeness (QED) is 0.608. The monoisotopic (exact) mass is 182 g/mol. The van der Waals surface area contributed by atoms with E-state index in [1.165, 1.54) is 0 Å². The third kappa shape index (κ3) is 3.83. The molecule has 1 nitrogen and oxygen atoms in total. The summed E-state index contributed by atoms with van der Waals surface area (Å²) in [5.41, 5.74) is 0. The topological polar surface area (TPSA) is 17.1 Å². The molecule has 5 heteroatoms. The molecule has 0 fully saturated rings. The van der Waals surface area contributed by atoms with Crippen LogP contribution in [0.5, 0.6) is 0 Å². The second-order valence-electron chi connectivity index (χ2n) is 1.59. The molecule has 0 aliphatic heterocycles. The Bertz CT molecular complexity index is 194. The SMILES string of the molecule is O=P(C=CF)(C=CF)C=CF. The molecular formula is C6H6F3OP. The zero-order chi connectivity index (χ0) is 8.74. The third-order valence-electron chi connectivity index (χ3n) is 0.868. The van der Waals surface area contributed by atoms with Gasteiger partial charge in [-0.3, -0.25) is 0 Å². The summed E-state index contributed by atoms with van der Waals surface area (Å²) >= 11 is 0. The van der Waals surface area contributed by atoms with Crippen LogP contribution in [0, 0.1) is 0 Å². The summed E-state index contributed by atoms with van der Waals surface area (Å²) in [4.78, 5) is 0. The Morgan fingerprint density at radius 2 is 1.09 bits per heavy atom. The maximum absolute atomic E-state index is 11.5. The van der Waals surface area contributed by atoms with Crippen molar-refractivity contribution in [3.8, 4) is 0 Å². The van der Waals surface area contributed by atoms with Crippen molar-refractivity contribution in [3.63, 3.8) is 0 Å². The molecule has 0 radical (unpaired) electrons. The van der Waals surface area contributed by atoms with Gasteiger partial charge in [-0.05, 0) is 0 Å². The Kier molecular flexibility index (Phi) is 4.62. The number of rotatable bonds is 3. The minimum absolute atomic E-state index is 0.0131. The average molecular weight is 182 g/mol. The van der Waals surface area contributed by atoms with Gasteiger partial charge >= 0.3 is 0 Å². The molecule has 0 amide bonds. The molecule has 0 saturated heterocycles. The van der Waals surface area contributed by atoms with Crippen molar-refractivity contribution in [2.24, 2.45) is 0 Å². The average Bonchev–Trinajstić information content (AvgIpc) is 1.88. The lowest BCUT2D eigenvalue weighted by atomic mass is 11.2. The third-order valence-corrected chi connectivity index (χ3v) is 2.60. The van der Waals surface area contributed by atoms with E-state index in [2.05, 4.69) is 0 Å². The largest absolute Gasteiger partial charge is 0.310 e. The van der Waals surface area contributed by atoms with Crippen LogP contribution in [-0.4, -0.2) is 0 Å². The molecule has 0 unspecified atom stereocenters. The van der Waals surface area contributed by atoms with Crippen LogP contribution in [0.3, 0.4) is 0 Å². The highest BCUT2D eigenvalue weighted by atomic mass is 31.2. The van der Waals surface area contributed by atoms with E-state index < -0.39 is 7.14 Å². The van der Waals surface area contributed by atoms with Gasteiger partial charge in [0.2, 0.25) is 0 Å². The minimum Gasteiger partial charge on any atom is -0.310 e. The first kappa shape index (κ1) is 10.2. The number of hydrogen-bond donors (Lipinski definition) is 0. The summed E-state index contributed by atoms with van der Waals surface area (Å²) < 4.78 is 45.4. The lowest BCUT2D eigenvalue weighted by Gasteiger charge is -1.97. The highest BCUT2D eigenvalue weighted by Gasteiger charge is 2.09. The van der Waals surface area contributed by atoms with E-state index >= 15 is 0 Å². The summed E-state index contributed by atoms with van der Waals surface area (Å²) in [6.07, 6.45) is -0.0394. The van der Waals surface area contributed by atoms with Crippen molar-refractivity contribution in [1.29, 1.82) is 0 Å². The molecule has 0 aromatic rings. The molecule has 0 atom stereocenters. The number of hydrogen-bond acceptors (Lipinski definition) is 1. The molecule has 0 spiro atoms. The smallest absolute Gasteiger partial charge is 0.157 e. The molecule has 0 aliphatic rings. The first-order valence-electron chi connectivity index (χ1n) is 2.61. The van der Waals surface area contributed by atoms with E-state index in [0.717, 1.165) is 0 Å². The van der Waals surface area contributed by atoms with E-state index in [9.17, 15) is 17.7 Å². The van der Waals surface area contributed by atoms with Gasteiger partial charge in [-0.2, -0.15) is 0 Å². The molecular weight excluding hydrogens is 176 g/mol. The Hall–Kier alpha value is -0.760. The van der Waals surface area contributed by atoms with Gasteiger partial charge < -0.3 is 4.57 Å². The molecule has 0 saturated carbocycles. The summed E-state index contributed by atoms with van der Waals surface area (Å²) in [5, 5.41) is 0. The summed E-state index contributed by atoms with van der Waals surface area (Å²) in [6, 6.07) is 0. The van der Waals surface area contributed by atoms with E-state index in [0.29, 0.717) is 17.5 Å². The van der Waals surface area contributed by atoms with Crippen LogP contribution in [0.1, 0.15) is 0 Å². The van der Waals surface area contributed by atoms with Gasteiger partial charge in [0.1, 0.15) is 0 Å². The first-order valence-corrected chi connectivity index (χ1v) is 4.53. The van der Waals surface area contributed by atoms with Gasteiger partial charge in [0.15, 0.2) is 7.14 Å². The molecule has 0 rings (SSSR count). The van der Waals surface area contributed by atoms with Gasteiger partial charge in [0.25, 0.3) is 0 Å². The maximum Gasteiger partial charge on any atom is 0.157 e. The molecule has 0 aromatic heterocycles. The fourth-order valence-electron chi connectivity index (χ4n) is 0.413. The predicted molar refractivity (Wildman–Crippen MR) is 38.4 cm³/mol. The van der Waals surface area contributed by atoms with Gasteiger partial charge in [-0.15, -0.1) is 0 Å². The van der Waals surface area contributed by atoms with Crippen LogP contribution in [0.15, 0.2) is 36.4 Å². The highest BCUT2D eigenvalue weighted by Crippen LogP contribution is 2.50. The predicted octanol–water partition coefficient (Wildman–Crippen LogP) is 3.67. The van der Waals surface area contributed by atoms with Crippen molar-refractivity contribution < 1.29 is 17.7 Å². The van der Waals surface area contributed by atoms with Crippen molar-refractivity contribution in [1.82, 2.24) is 0 Å². The molecule has 0 bridgehead atoms. The minimum atomic E-state index is -3.39. The maximum atomic E-state index is 11.5. The Morgan fingerprint density at radius 3 is 1.27 bits per heavy atom. The van der Waals surface area contributed by atoms with E-state index in [-0.39, 0.29) is 19.0 Å². The van der Waals surface area contributed by atoms with Crippen LogP contribution < -0.4 is 0 Å². The van der Waals surface area contributed by atoms with Crippen LogP contribution in [0.2, 0.25) is 0 Å². The van der Waals surface area contributed by atoms with Gasteiger partial charge in [-0.1, -0.05) is 0 Å². The van der Waals surface area contributed by atoms with E-state index in [4.69, 9.17) is 0 Å². The van der Waals surface area contributed by atoms with Crippen molar-refractivity contribution in [2.75, 3.05) is 0 Å². The zero-order valence-electron chi connectivity index (χ0n) is 5.45. The van der Waals surface area contributed by atoms with Crippen molar-refractivity contribution in [3.05, 3.63) is 36.4 Å². The fourth-order valence-corrected chi connectivity index (χ4v) is 1.24. The fraction of sp³-hybridized carbons (Fsp3) is 0. The summed E-state index contributed by atoms with van der Waals surface area (Å²) in [6.45, 7) is 0. The van der Waals surface area contributed by atoms with E-state index in [1.807, 2.05) is 0 Å². The standard InChI is InChI=1S/C6H6F3OP/c7-1-4-11(10,5-2-8)6-3-9/h1-6H.